The molecule has 0 radical (unpaired) electrons. The molecule has 11 heteroatoms. The number of nitrogens with zero attached hydrogens (tertiary/aromatic N) is 4. The number of hydrogen-bond donors (Lipinski definition) is 1. The zero-order chi connectivity index (χ0) is 28.9. The lowest BCUT2D eigenvalue weighted by molar-refractivity contribution is -0.132. The summed E-state index contributed by atoms with van der Waals surface area (Å²) in [6.45, 7) is 6.59. The summed E-state index contributed by atoms with van der Waals surface area (Å²) in [6.07, 6.45) is 3.01. The van der Waals surface area contributed by atoms with Crippen molar-refractivity contribution in [1.29, 1.82) is 0 Å². The Morgan fingerprint density at radius 1 is 0.976 bits per heavy atom. The van der Waals surface area contributed by atoms with Crippen molar-refractivity contribution >= 4 is 45.7 Å². The average Bonchev–Trinajstić information content (AvgIpc) is 3.56. The second-order valence-electron chi connectivity index (χ2n) is 9.10. The fraction of sp³-hybridized carbons (Fsp3) is 0.233. The summed E-state index contributed by atoms with van der Waals surface area (Å²) in [7, 11) is 0. The number of pyridine rings is 1. The minimum absolute atomic E-state index is 0.0585. The van der Waals surface area contributed by atoms with E-state index in [0.717, 1.165) is 5.56 Å². The lowest BCUT2D eigenvalue weighted by atomic mass is 9.95. The van der Waals surface area contributed by atoms with Crippen LogP contribution in [0.3, 0.4) is 0 Å². The summed E-state index contributed by atoms with van der Waals surface area (Å²) in [4.78, 5) is 32.3. The van der Waals surface area contributed by atoms with Crippen LogP contribution >= 0.6 is 23.1 Å². The first-order valence-electron chi connectivity index (χ1n) is 13.0. The van der Waals surface area contributed by atoms with Crippen molar-refractivity contribution in [2.24, 2.45) is 0 Å². The van der Waals surface area contributed by atoms with Crippen LogP contribution in [0.5, 0.6) is 11.5 Å². The Labute approximate surface area is 245 Å². The maximum absolute atomic E-state index is 13.5. The van der Waals surface area contributed by atoms with Crippen LogP contribution in [0.25, 0.3) is 5.76 Å². The van der Waals surface area contributed by atoms with Crippen molar-refractivity contribution in [3.8, 4) is 11.5 Å². The fourth-order valence-electron chi connectivity index (χ4n) is 4.44. The standard InChI is InChI=1S/C30H28N4O5S2/c1-4-38-22-11-10-21(16-23(22)39-5-2)25-24(26(35)20-12-14-31-15-13-20)27(36)28(37)34(25)29-32-33-30(41-29)40-17-19-8-6-18(3)7-9-19/h6-16,25,35H,4-5,17H2,1-3H3. The number of benzene rings is 2. The number of aryl methyl sites for hydroxylation is 1. The van der Waals surface area contributed by atoms with Gasteiger partial charge in [0.2, 0.25) is 5.13 Å². The van der Waals surface area contributed by atoms with E-state index in [4.69, 9.17) is 9.47 Å². The Bertz CT molecular complexity index is 1590. The second-order valence-corrected chi connectivity index (χ2v) is 11.3. The van der Waals surface area contributed by atoms with Gasteiger partial charge >= 0.3 is 5.91 Å². The molecule has 1 aliphatic heterocycles. The van der Waals surface area contributed by atoms with E-state index in [2.05, 4.69) is 39.4 Å². The van der Waals surface area contributed by atoms with Crippen molar-refractivity contribution < 1.29 is 24.2 Å². The van der Waals surface area contributed by atoms with Crippen LogP contribution in [0, 0.1) is 6.92 Å². The highest BCUT2D eigenvalue weighted by molar-refractivity contribution is 8.00. The maximum atomic E-state index is 13.5. The smallest absolute Gasteiger partial charge is 0.301 e. The van der Waals surface area contributed by atoms with Gasteiger partial charge in [0.1, 0.15) is 5.76 Å². The summed E-state index contributed by atoms with van der Waals surface area (Å²) >= 11 is 2.71. The Morgan fingerprint density at radius 3 is 2.39 bits per heavy atom. The molecule has 0 bridgehead atoms. The molecule has 5 rings (SSSR count). The van der Waals surface area contributed by atoms with Crippen LogP contribution in [0.2, 0.25) is 0 Å². The van der Waals surface area contributed by atoms with E-state index in [-0.39, 0.29) is 16.5 Å². The third kappa shape index (κ3) is 5.96. The lowest BCUT2D eigenvalue weighted by Gasteiger charge is -2.23. The van der Waals surface area contributed by atoms with E-state index >= 15 is 0 Å². The summed E-state index contributed by atoms with van der Waals surface area (Å²) in [5.74, 6) is -0.245. The number of hydrogen-bond acceptors (Lipinski definition) is 10. The minimum Gasteiger partial charge on any atom is -0.507 e. The molecule has 1 saturated heterocycles. The molecule has 1 amide bonds. The number of aromatic nitrogens is 3. The first-order chi connectivity index (χ1) is 19.9. The van der Waals surface area contributed by atoms with Gasteiger partial charge in [-0.2, -0.15) is 0 Å². The van der Waals surface area contributed by atoms with Gasteiger partial charge in [0, 0.05) is 23.7 Å². The Kier molecular flexibility index (Phi) is 8.65. The number of anilines is 1. The van der Waals surface area contributed by atoms with Crippen molar-refractivity contribution in [3.05, 3.63) is 94.8 Å². The van der Waals surface area contributed by atoms with Gasteiger partial charge < -0.3 is 14.6 Å². The molecule has 4 aromatic rings. The zero-order valence-corrected chi connectivity index (χ0v) is 24.4. The number of ether oxygens (including phenoxy) is 2. The lowest BCUT2D eigenvalue weighted by Crippen LogP contribution is -2.29. The van der Waals surface area contributed by atoms with Gasteiger partial charge in [0.15, 0.2) is 15.8 Å². The number of carbonyl (C=O) groups is 2. The SMILES string of the molecule is CCOc1ccc(C2C(=C(O)c3ccncc3)C(=O)C(=O)N2c2nnc(SCc3ccc(C)cc3)s2)cc1OCC. The topological polar surface area (TPSA) is 115 Å². The Hall–Kier alpha value is -4.22. The Balaban J connectivity index is 1.57. The number of ketones is 1. The summed E-state index contributed by atoms with van der Waals surface area (Å²) in [5, 5.41) is 20.1. The number of thioether (sulfide) groups is 1. The molecule has 3 heterocycles. The van der Waals surface area contributed by atoms with Gasteiger partial charge in [-0.3, -0.25) is 19.5 Å². The minimum atomic E-state index is -0.971. The van der Waals surface area contributed by atoms with E-state index in [9.17, 15) is 14.7 Å². The summed E-state index contributed by atoms with van der Waals surface area (Å²) in [5.41, 5.74) is 3.17. The number of aliphatic hydroxyl groups excluding tert-OH is 1. The largest absolute Gasteiger partial charge is 0.507 e. The van der Waals surface area contributed by atoms with Gasteiger partial charge in [0.05, 0.1) is 24.8 Å². The number of amides is 1. The van der Waals surface area contributed by atoms with Gasteiger partial charge in [-0.1, -0.05) is 59.0 Å². The van der Waals surface area contributed by atoms with Crippen molar-refractivity contribution in [2.75, 3.05) is 18.1 Å². The molecule has 2 aromatic carbocycles. The highest BCUT2D eigenvalue weighted by Gasteiger charge is 2.48. The van der Waals surface area contributed by atoms with Crippen LogP contribution in [0.1, 0.15) is 42.1 Å². The fourth-order valence-corrected chi connectivity index (χ4v) is 6.26. The number of carbonyl (C=O) groups excluding carboxylic acids is 2. The second kappa shape index (κ2) is 12.5. The third-order valence-corrected chi connectivity index (χ3v) is 8.49. The Morgan fingerprint density at radius 2 is 1.68 bits per heavy atom. The predicted octanol–water partition coefficient (Wildman–Crippen LogP) is 5.96. The van der Waals surface area contributed by atoms with E-state index in [0.29, 0.717) is 45.9 Å². The third-order valence-electron chi connectivity index (χ3n) is 6.37. The first-order valence-corrected chi connectivity index (χ1v) is 14.8. The van der Waals surface area contributed by atoms with Crippen LogP contribution in [0.15, 0.2) is 76.9 Å². The number of rotatable bonds is 10. The molecular formula is C30H28N4O5S2. The first kappa shape index (κ1) is 28.3. The van der Waals surface area contributed by atoms with E-state index in [1.807, 2.05) is 20.8 Å². The molecular weight excluding hydrogens is 560 g/mol. The van der Waals surface area contributed by atoms with Crippen LogP contribution in [-0.2, 0) is 15.3 Å². The molecule has 41 heavy (non-hydrogen) atoms. The van der Waals surface area contributed by atoms with E-state index < -0.39 is 17.7 Å². The maximum Gasteiger partial charge on any atom is 0.301 e. The molecule has 2 aromatic heterocycles. The molecule has 1 unspecified atom stereocenters. The number of aliphatic hydroxyl groups is 1. The predicted molar refractivity (Wildman–Crippen MR) is 158 cm³/mol. The molecule has 9 nitrogen and oxygen atoms in total. The van der Waals surface area contributed by atoms with Gasteiger partial charge in [-0.25, -0.2) is 0 Å². The van der Waals surface area contributed by atoms with E-state index in [1.165, 1.54) is 46.0 Å². The highest BCUT2D eigenvalue weighted by Crippen LogP contribution is 2.45. The molecule has 1 aliphatic rings. The molecule has 1 N–H and O–H groups in total. The average molecular weight is 589 g/mol. The quantitative estimate of drug-likeness (QED) is 0.0788. The van der Waals surface area contributed by atoms with Crippen molar-refractivity contribution in [2.45, 2.75) is 36.9 Å². The van der Waals surface area contributed by atoms with Crippen LogP contribution in [-0.4, -0.2) is 45.2 Å². The van der Waals surface area contributed by atoms with Crippen LogP contribution < -0.4 is 14.4 Å². The van der Waals surface area contributed by atoms with Gasteiger partial charge in [0.25, 0.3) is 5.78 Å². The van der Waals surface area contributed by atoms with Crippen LogP contribution in [0.4, 0.5) is 5.13 Å². The monoisotopic (exact) mass is 588 g/mol. The van der Waals surface area contributed by atoms with Crippen molar-refractivity contribution in [1.82, 2.24) is 15.2 Å². The van der Waals surface area contributed by atoms with Gasteiger partial charge in [-0.15, -0.1) is 10.2 Å². The number of Topliss-reactive ketones (excluding diaryl/α,β-unsaturated/α-hetero) is 1. The molecule has 0 spiro atoms. The normalized spacial score (nSPS) is 16.3. The summed E-state index contributed by atoms with van der Waals surface area (Å²) < 4.78 is 12.2. The van der Waals surface area contributed by atoms with Crippen molar-refractivity contribution in [3.63, 3.8) is 0 Å². The zero-order valence-electron chi connectivity index (χ0n) is 22.7. The molecule has 210 valence electrons. The molecule has 1 atom stereocenters. The highest BCUT2D eigenvalue weighted by atomic mass is 32.2. The molecule has 1 fully saturated rings. The van der Waals surface area contributed by atoms with E-state index in [1.54, 1.807) is 30.3 Å². The molecule has 0 saturated carbocycles. The van der Waals surface area contributed by atoms with Gasteiger partial charge in [-0.05, 0) is 56.2 Å². The molecule has 0 aliphatic carbocycles. The summed E-state index contributed by atoms with van der Waals surface area (Å²) in [6, 6.07) is 15.6.